The van der Waals surface area contributed by atoms with Crippen molar-refractivity contribution in [1.29, 1.82) is 0 Å². The summed E-state index contributed by atoms with van der Waals surface area (Å²) in [6.45, 7) is 1.24. The fourth-order valence-electron chi connectivity index (χ4n) is 2.58. The van der Waals surface area contributed by atoms with E-state index in [1.54, 1.807) is 54.6 Å². The molecule has 0 atom stereocenters. The molecule has 0 radical (unpaired) electrons. The van der Waals surface area contributed by atoms with Crippen LogP contribution in [0.25, 0.3) is 12.2 Å². The van der Waals surface area contributed by atoms with Crippen molar-refractivity contribution < 1.29 is 29.3 Å². The molecule has 3 rings (SSSR count). The Morgan fingerprint density at radius 1 is 0.793 bits per heavy atom. The van der Waals surface area contributed by atoms with Crippen molar-refractivity contribution in [2.24, 2.45) is 0 Å². The number of rotatable bonds is 5. The molecule has 3 aromatic carbocycles. The van der Waals surface area contributed by atoms with E-state index in [1.165, 1.54) is 31.2 Å². The van der Waals surface area contributed by atoms with Crippen molar-refractivity contribution in [3.63, 3.8) is 0 Å². The van der Waals surface area contributed by atoms with Crippen LogP contribution in [-0.4, -0.2) is 22.2 Å². The van der Waals surface area contributed by atoms with E-state index in [4.69, 9.17) is 9.47 Å². The van der Waals surface area contributed by atoms with Crippen molar-refractivity contribution in [3.05, 3.63) is 83.4 Å². The highest BCUT2D eigenvalue weighted by molar-refractivity contribution is 5.95. The lowest BCUT2D eigenvalue weighted by molar-refractivity contribution is -0.131. The number of aromatic hydroxyl groups is 2. The first-order valence-corrected chi connectivity index (χ1v) is 8.71. The largest absolute Gasteiger partial charge is 0.508 e. The van der Waals surface area contributed by atoms with Gasteiger partial charge in [-0.25, -0.2) is 4.79 Å². The molecule has 0 unspecified atom stereocenters. The molecule has 3 aromatic rings. The predicted octanol–water partition coefficient (Wildman–Crippen LogP) is 4.41. The number of carbonyl (C=O) groups excluding carboxylic acids is 2. The summed E-state index contributed by atoms with van der Waals surface area (Å²) in [5.41, 5.74) is 1.54. The smallest absolute Gasteiger partial charge is 0.347 e. The summed E-state index contributed by atoms with van der Waals surface area (Å²) in [5.74, 6) is -0.947. The molecule has 0 spiro atoms. The lowest BCUT2D eigenvalue weighted by atomic mass is 10.1. The van der Waals surface area contributed by atoms with Gasteiger partial charge >= 0.3 is 11.9 Å². The molecule has 0 aromatic heterocycles. The van der Waals surface area contributed by atoms with Crippen molar-refractivity contribution in [3.8, 4) is 23.0 Å². The van der Waals surface area contributed by atoms with E-state index < -0.39 is 11.9 Å². The maximum absolute atomic E-state index is 12.5. The van der Waals surface area contributed by atoms with Crippen LogP contribution in [-0.2, 0) is 4.79 Å². The zero-order chi connectivity index (χ0) is 20.8. The topological polar surface area (TPSA) is 93.1 Å². The van der Waals surface area contributed by atoms with Crippen molar-refractivity contribution in [1.82, 2.24) is 0 Å². The maximum Gasteiger partial charge on any atom is 0.347 e. The first kappa shape index (κ1) is 19.7. The SMILES string of the molecule is CC(=O)Oc1ccccc1C(=O)Oc1cc(O)cc(/C=C/c2ccc(O)cc2)c1. The van der Waals surface area contributed by atoms with Gasteiger partial charge in [0.15, 0.2) is 0 Å². The quantitative estimate of drug-likeness (QED) is 0.381. The van der Waals surface area contributed by atoms with Gasteiger partial charge in [-0.3, -0.25) is 4.79 Å². The fraction of sp³-hybridized carbons (Fsp3) is 0.0435. The number of para-hydroxylation sites is 1. The van der Waals surface area contributed by atoms with E-state index in [0.717, 1.165) is 5.56 Å². The van der Waals surface area contributed by atoms with Crippen LogP contribution in [0.4, 0.5) is 0 Å². The van der Waals surface area contributed by atoms with E-state index >= 15 is 0 Å². The highest BCUT2D eigenvalue weighted by Gasteiger charge is 2.16. The number of phenolic OH excluding ortho intramolecular Hbond substituents is 2. The predicted molar refractivity (Wildman–Crippen MR) is 108 cm³/mol. The molecule has 29 heavy (non-hydrogen) atoms. The maximum atomic E-state index is 12.5. The first-order valence-electron chi connectivity index (χ1n) is 8.71. The molecule has 146 valence electrons. The Bertz CT molecular complexity index is 1070. The number of ether oxygens (including phenoxy) is 2. The number of hydrogen-bond donors (Lipinski definition) is 2. The molecule has 6 heteroatoms. The van der Waals surface area contributed by atoms with Crippen LogP contribution in [0.5, 0.6) is 23.0 Å². The van der Waals surface area contributed by atoms with Gasteiger partial charge in [-0.1, -0.05) is 36.4 Å². The van der Waals surface area contributed by atoms with E-state index in [-0.39, 0.29) is 28.6 Å². The Labute approximate surface area is 167 Å². The Kier molecular flexibility index (Phi) is 5.94. The van der Waals surface area contributed by atoms with E-state index in [9.17, 15) is 19.8 Å². The number of esters is 2. The summed E-state index contributed by atoms with van der Waals surface area (Å²) in [4.78, 5) is 23.7. The minimum atomic E-state index is -0.721. The molecule has 0 bridgehead atoms. The monoisotopic (exact) mass is 390 g/mol. The van der Waals surface area contributed by atoms with Gasteiger partial charge in [0, 0.05) is 13.0 Å². The standard InChI is InChI=1S/C23H18O6/c1-15(24)28-22-5-3-2-4-21(22)23(27)29-20-13-17(12-19(26)14-20)7-6-16-8-10-18(25)11-9-16/h2-14,25-26H,1H3/b7-6+. The minimum absolute atomic E-state index is 0.0751. The molecule has 6 nitrogen and oxygen atoms in total. The second kappa shape index (κ2) is 8.75. The lowest BCUT2D eigenvalue weighted by Crippen LogP contribution is -2.12. The Balaban J connectivity index is 1.81. The van der Waals surface area contributed by atoms with E-state index in [2.05, 4.69) is 0 Å². The zero-order valence-electron chi connectivity index (χ0n) is 15.5. The number of phenols is 2. The normalized spacial score (nSPS) is 10.7. The zero-order valence-corrected chi connectivity index (χ0v) is 15.5. The van der Waals surface area contributed by atoms with Gasteiger partial charge < -0.3 is 19.7 Å². The van der Waals surface area contributed by atoms with Crippen LogP contribution in [0.1, 0.15) is 28.4 Å². The van der Waals surface area contributed by atoms with Gasteiger partial charge in [-0.2, -0.15) is 0 Å². The molecule has 0 aliphatic rings. The summed E-state index contributed by atoms with van der Waals surface area (Å²) in [7, 11) is 0. The van der Waals surface area contributed by atoms with Crippen molar-refractivity contribution >= 4 is 24.1 Å². The molecule has 0 aliphatic carbocycles. The molecule has 0 heterocycles. The van der Waals surface area contributed by atoms with Gasteiger partial charge in [0.1, 0.15) is 28.6 Å². The van der Waals surface area contributed by atoms with Crippen molar-refractivity contribution in [2.45, 2.75) is 6.92 Å². The van der Waals surface area contributed by atoms with Crippen LogP contribution in [0.15, 0.2) is 66.7 Å². The molecular formula is C23H18O6. The Hall–Kier alpha value is -4.06. The van der Waals surface area contributed by atoms with Crippen LogP contribution in [0.2, 0.25) is 0 Å². The van der Waals surface area contributed by atoms with Gasteiger partial charge in [-0.05, 0) is 47.5 Å². The third-order valence-electron chi connectivity index (χ3n) is 3.85. The molecule has 0 aliphatic heterocycles. The molecule has 0 fully saturated rings. The number of carbonyl (C=O) groups is 2. The highest BCUT2D eigenvalue weighted by atomic mass is 16.5. The van der Waals surface area contributed by atoms with Crippen LogP contribution in [0.3, 0.4) is 0 Å². The second-order valence-electron chi connectivity index (χ2n) is 6.16. The summed E-state index contributed by atoms with van der Waals surface area (Å²) < 4.78 is 10.4. The van der Waals surface area contributed by atoms with Crippen LogP contribution in [0, 0.1) is 0 Å². The lowest BCUT2D eigenvalue weighted by Gasteiger charge is -2.09. The summed E-state index contributed by atoms with van der Waals surface area (Å²) in [5, 5.41) is 19.3. The van der Waals surface area contributed by atoms with E-state index in [0.29, 0.717) is 5.56 Å². The summed E-state index contributed by atoms with van der Waals surface area (Å²) in [6, 6.07) is 17.2. The first-order chi connectivity index (χ1) is 13.9. The van der Waals surface area contributed by atoms with E-state index in [1.807, 2.05) is 0 Å². The molecule has 0 amide bonds. The van der Waals surface area contributed by atoms with Crippen molar-refractivity contribution in [2.75, 3.05) is 0 Å². The molecule has 0 saturated heterocycles. The minimum Gasteiger partial charge on any atom is -0.508 e. The summed E-state index contributed by atoms with van der Waals surface area (Å²) >= 11 is 0. The molecule has 0 saturated carbocycles. The second-order valence-corrected chi connectivity index (χ2v) is 6.16. The molecule has 2 N–H and O–H groups in total. The third-order valence-corrected chi connectivity index (χ3v) is 3.85. The van der Waals surface area contributed by atoms with Gasteiger partial charge in [0.2, 0.25) is 0 Å². The fourth-order valence-corrected chi connectivity index (χ4v) is 2.58. The Morgan fingerprint density at radius 3 is 2.21 bits per heavy atom. The average Bonchev–Trinajstić information content (AvgIpc) is 2.67. The highest BCUT2D eigenvalue weighted by Crippen LogP contribution is 2.26. The van der Waals surface area contributed by atoms with Gasteiger partial charge in [0.25, 0.3) is 0 Å². The van der Waals surface area contributed by atoms with Crippen LogP contribution < -0.4 is 9.47 Å². The average molecular weight is 390 g/mol. The van der Waals surface area contributed by atoms with Crippen LogP contribution >= 0.6 is 0 Å². The Morgan fingerprint density at radius 2 is 1.48 bits per heavy atom. The number of hydrogen-bond acceptors (Lipinski definition) is 6. The van der Waals surface area contributed by atoms with Gasteiger partial charge in [0.05, 0.1) is 0 Å². The number of benzene rings is 3. The third kappa shape index (κ3) is 5.46. The van der Waals surface area contributed by atoms with Gasteiger partial charge in [-0.15, -0.1) is 0 Å². The molecular weight excluding hydrogens is 372 g/mol. The summed E-state index contributed by atoms with van der Waals surface area (Å²) in [6.07, 6.45) is 3.52.